The van der Waals surface area contributed by atoms with E-state index >= 15 is 0 Å². The van der Waals surface area contributed by atoms with Crippen LogP contribution in [0.2, 0.25) is 0 Å². The topological polar surface area (TPSA) is 0 Å². The van der Waals surface area contributed by atoms with Crippen molar-refractivity contribution in [3.05, 3.63) is 0 Å². The Kier molecular flexibility index (Phi) is 1.05. The van der Waals surface area contributed by atoms with E-state index in [1.54, 1.807) is 12.8 Å². The van der Waals surface area contributed by atoms with Gasteiger partial charge in [-0.2, -0.15) is 0 Å². The molecule has 9 atom stereocenters. The van der Waals surface area contributed by atoms with Gasteiger partial charge in [-0.1, -0.05) is 20.8 Å². The largest absolute Gasteiger partial charge is 0.0617 e. The molecule has 0 heterocycles. The number of hydrogen-bond acceptors (Lipinski definition) is 0. The van der Waals surface area contributed by atoms with Gasteiger partial charge in [-0.05, 0) is 71.5 Å². The van der Waals surface area contributed by atoms with Crippen molar-refractivity contribution in [3.8, 4) is 0 Å². The van der Waals surface area contributed by atoms with Crippen molar-refractivity contribution in [2.24, 2.45) is 58.7 Å². The third-order valence-electron chi connectivity index (χ3n) is 8.03. The molecule has 0 nitrogen and oxygen atoms in total. The molecular weight excluding hydrogens is 180 g/mol. The summed E-state index contributed by atoms with van der Waals surface area (Å²) >= 11 is 0. The Balaban J connectivity index is 1.48. The fourth-order valence-corrected chi connectivity index (χ4v) is 7.04. The molecule has 5 rings (SSSR count). The minimum Gasteiger partial charge on any atom is -0.0617 e. The fourth-order valence-electron chi connectivity index (χ4n) is 7.04. The lowest BCUT2D eigenvalue weighted by atomic mass is 9.17. The maximum Gasteiger partial charge on any atom is -0.0292 e. The smallest absolute Gasteiger partial charge is 0.0292 e. The third-order valence-corrected chi connectivity index (χ3v) is 8.03. The van der Waals surface area contributed by atoms with Gasteiger partial charge >= 0.3 is 0 Å². The van der Waals surface area contributed by atoms with Crippen LogP contribution < -0.4 is 0 Å². The lowest BCUT2D eigenvalue weighted by molar-refractivity contribution is -0.408. The molecule has 15 heavy (non-hydrogen) atoms. The zero-order chi connectivity index (χ0) is 10.1. The SMILES string of the molecule is CC1C2C3C4C5CCC5C4C3C2C1(C)C. The average Bonchev–Trinajstić information content (AvgIpc) is 2.12. The average molecular weight is 202 g/mol. The summed E-state index contributed by atoms with van der Waals surface area (Å²) in [6, 6.07) is 0. The minimum absolute atomic E-state index is 0.700. The minimum atomic E-state index is 0.700. The van der Waals surface area contributed by atoms with Crippen LogP contribution in [0.3, 0.4) is 0 Å². The van der Waals surface area contributed by atoms with Gasteiger partial charge in [0.05, 0.1) is 0 Å². The molecule has 0 aromatic rings. The summed E-state index contributed by atoms with van der Waals surface area (Å²) in [5.74, 6) is 10.7. The third kappa shape index (κ3) is 0.542. The molecule has 0 spiro atoms. The fraction of sp³-hybridized carbons (Fsp3) is 1.00. The Morgan fingerprint density at radius 3 is 2.00 bits per heavy atom. The molecule has 5 aliphatic carbocycles. The second-order valence-corrected chi connectivity index (χ2v) is 7.93. The second kappa shape index (κ2) is 1.93. The van der Waals surface area contributed by atoms with E-state index in [1.165, 1.54) is 41.4 Å². The predicted molar refractivity (Wildman–Crippen MR) is 60.1 cm³/mol. The van der Waals surface area contributed by atoms with Crippen molar-refractivity contribution in [2.75, 3.05) is 0 Å². The van der Waals surface area contributed by atoms with Crippen LogP contribution in [0, 0.1) is 58.7 Å². The molecule has 0 aromatic carbocycles. The van der Waals surface area contributed by atoms with Crippen molar-refractivity contribution in [2.45, 2.75) is 33.6 Å². The van der Waals surface area contributed by atoms with Crippen LogP contribution in [-0.2, 0) is 0 Å². The summed E-state index contributed by atoms with van der Waals surface area (Å²) in [4.78, 5) is 0. The van der Waals surface area contributed by atoms with Gasteiger partial charge in [-0.25, -0.2) is 0 Å². The molecule has 0 bridgehead atoms. The van der Waals surface area contributed by atoms with Gasteiger partial charge in [0, 0.05) is 0 Å². The second-order valence-electron chi connectivity index (χ2n) is 7.93. The summed E-state index contributed by atoms with van der Waals surface area (Å²) in [7, 11) is 0. The number of fused-ring (bicyclic) bond motifs is 10. The summed E-state index contributed by atoms with van der Waals surface area (Å²) in [5.41, 5.74) is 0.700. The first-order chi connectivity index (χ1) is 7.14. The van der Waals surface area contributed by atoms with Gasteiger partial charge in [-0.3, -0.25) is 0 Å². The Morgan fingerprint density at radius 2 is 1.40 bits per heavy atom. The molecule has 0 heteroatoms. The first-order valence-corrected chi connectivity index (χ1v) is 7.14. The van der Waals surface area contributed by atoms with E-state index in [2.05, 4.69) is 20.8 Å². The molecule has 0 saturated heterocycles. The highest BCUT2D eigenvalue weighted by Crippen LogP contribution is 2.87. The quantitative estimate of drug-likeness (QED) is 0.528. The van der Waals surface area contributed by atoms with Crippen molar-refractivity contribution < 1.29 is 0 Å². The molecule has 0 amide bonds. The van der Waals surface area contributed by atoms with Crippen molar-refractivity contribution in [1.82, 2.24) is 0 Å². The molecule has 5 aliphatic rings. The van der Waals surface area contributed by atoms with E-state index in [1.807, 2.05) is 0 Å². The molecule has 0 N–H and O–H groups in total. The first kappa shape index (κ1) is 8.14. The van der Waals surface area contributed by atoms with Crippen LogP contribution in [0.15, 0.2) is 0 Å². The van der Waals surface area contributed by atoms with Crippen molar-refractivity contribution in [3.63, 3.8) is 0 Å². The van der Waals surface area contributed by atoms with Gasteiger partial charge in [-0.15, -0.1) is 0 Å². The van der Waals surface area contributed by atoms with E-state index in [4.69, 9.17) is 0 Å². The van der Waals surface area contributed by atoms with E-state index in [-0.39, 0.29) is 0 Å². The van der Waals surface area contributed by atoms with Crippen molar-refractivity contribution in [1.29, 1.82) is 0 Å². The summed E-state index contributed by atoms with van der Waals surface area (Å²) < 4.78 is 0. The predicted octanol–water partition coefficient (Wildman–Crippen LogP) is 3.43. The Hall–Kier alpha value is 0. The summed E-state index contributed by atoms with van der Waals surface area (Å²) in [5, 5.41) is 0. The van der Waals surface area contributed by atoms with Crippen molar-refractivity contribution >= 4 is 0 Å². The molecule has 9 unspecified atom stereocenters. The lowest BCUT2D eigenvalue weighted by Gasteiger charge is -2.88. The normalized spacial score (nSPS) is 75.0. The molecule has 5 saturated carbocycles. The number of hydrogen-bond donors (Lipinski definition) is 0. The highest BCUT2D eigenvalue weighted by molar-refractivity contribution is 5.29. The Labute approximate surface area is 92.8 Å². The van der Waals surface area contributed by atoms with E-state index in [9.17, 15) is 0 Å². The molecule has 0 aromatic heterocycles. The summed E-state index contributed by atoms with van der Waals surface area (Å²) in [6.45, 7) is 7.61. The Bertz CT molecular complexity index is 355. The van der Waals surface area contributed by atoms with Gasteiger partial charge in [0.25, 0.3) is 0 Å². The number of rotatable bonds is 0. The van der Waals surface area contributed by atoms with Crippen LogP contribution in [-0.4, -0.2) is 0 Å². The molecule has 0 radical (unpaired) electrons. The maximum absolute atomic E-state index is 2.54. The molecule has 82 valence electrons. The van der Waals surface area contributed by atoms with Crippen LogP contribution in [0.4, 0.5) is 0 Å². The Morgan fingerprint density at radius 1 is 0.800 bits per heavy atom. The summed E-state index contributed by atoms with van der Waals surface area (Å²) in [6.07, 6.45) is 3.20. The van der Waals surface area contributed by atoms with Crippen LogP contribution in [0.1, 0.15) is 33.6 Å². The zero-order valence-corrected chi connectivity index (χ0v) is 10.1. The monoisotopic (exact) mass is 202 g/mol. The zero-order valence-electron chi connectivity index (χ0n) is 10.1. The van der Waals surface area contributed by atoms with Gasteiger partial charge in [0.15, 0.2) is 0 Å². The highest BCUT2D eigenvalue weighted by Gasteiger charge is 2.82. The lowest BCUT2D eigenvalue weighted by Crippen LogP contribution is -2.84. The van der Waals surface area contributed by atoms with E-state index in [0.717, 1.165) is 11.8 Å². The standard InChI is InChI=1S/C15H22/c1-6-9-12-10-7-4-5-8(7)11(10)13(12)14(9)15(6,2)3/h6-14H,4-5H2,1-3H3. The van der Waals surface area contributed by atoms with Gasteiger partial charge in [0.2, 0.25) is 0 Å². The van der Waals surface area contributed by atoms with Gasteiger partial charge in [0.1, 0.15) is 0 Å². The van der Waals surface area contributed by atoms with Crippen LogP contribution in [0.25, 0.3) is 0 Å². The van der Waals surface area contributed by atoms with Crippen LogP contribution >= 0.6 is 0 Å². The molecular formula is C15H22. The van der Waals surface area contributed by atoms with E-state index < -0.39 is 0 Å². The molecule has 5 fully saturated rings. The molecule has 0 aliphatic heterocycles. The van der Waals surface area contributed by atoms with Gasteiger partial charge < -0.3 is 0 Å². The first-order valence-electron chi connectivity index (χ1n) is 7.14. The van der Waals surface area contributed by atoms with E-state index in [0.29, 0.717) is 5.41 Å². The maximum atomic E-state index is 2.54. The van der Waals surface area contributed by atoms with Crippen LogP contribution in [0.5, 0.6) is 0 Å². The highest BCUT2D eigenvalue weighted by atomic mass is 14.9.